The van der Waals surface area contributed by atoms with Crippen molar-refractivity contribution >= 4 is 12.4 Å². The van der Waals surface area contributed by atoms with Crippen molar-refractivity contribution < 1.29 is 19.7 Å². The Morgan fingerprint density at radius 2 is 1.14 bits per heavy atom. The maximum absolute atomic E-state index is 11.1. The fourth-order valence-electron chi connectivity index (χ4n) is 5.34. The second-order valence-electron chi connectivity index (χ2n) is 9.88. The van der Waals surface area contributed by atoms with Gasteiger partial charge in [0, 0.05) is 60.9 Å². The minimum absolute atomic E-state index is 0.223. The Morgan fingerprint density at radius 1 is 0.694 bits per heavy atom. The molecule has 2 aromatic rings. The average molecular weight is 493 g/mol. The van der Waals surface area contributed by atoms with E-state index in [1.807, 2.05) is 38.1 Å². The van der Waals surface area contributed by atoms with Crippen molar-refractivity contribution in [2.24, 2.45) is 9.98 Å². The molecule has 5 rings (SSSR count). The third-order valence-corrected chi connectivity index (χ3v) is 7.05. The Kier molecular flexibility index (Phi) is 7.67. The molecule has 8 nitrogen and oxygen atoms in total. The Hall–Kier alpha value is -2.78. The first kappa shape index (κ1) is 24.9. The smallest absolute Gasteiger partial charge is 0.140 e. The van der Waals surface area contributed by atoms with E-state index in [1.165, 1.54) is 0 Å². The van der Waals surface area contributed by atoms with Crippen LogP contribution in [0.2, 0.25) is 0 Å². The van der Waals surface area contributed by atoms with E-state index < -0.39 is 0 Å². The number of ether oxygens (including phenoxy) is 2. The van der Waals surface area contributed by atoms with Gasteiger partial charge in [0.2, 0.25) is 0 Å². The van der Waals surface area contributed by atoms with Crippen LogP contribution in [0.4, 0.5) is 0 Å². The minimum atomic E-state index is -0.329. The summed E-state index contributed by atoms with van der Waals surface area (Å²) in [7, 11) is 0. The SMILES string of the molecule is Cc1cc2c(O)c(c1)C1OCCCN1CCN=Cc1cc(C)cc(c1O)C1OCCCN1CCN=C2. The molecular formula is C28H36N4O4. The number of aryl methyl sites for hydroxylation is 2. The molecular weight excluding hydrogens is 456 g/mol. The quantitative estimate of drug-likeness (QED) is 0.583. The van der Waals surface area contributed by atoms with E-state index in [0.717, 1.165) is 48.2 Å². The first-order valence-electron chi connectivity index (χ1n) is 12.9. The van der Waals surface area contributed by atoms with E-state index in [9.17, 15) is 10.2 Å². The van der Waals surface area contributed by atoms with Crippen LogP contribution in [0.3, 0.4) is 0 Å². The lowest BCUT2D eigenvalue weighted by molar-refractivity contribution is -0.0978. The summed E-state index contributed by atoms with van der Waals surface area (Å²) in [5, 5.41) is 22.3. The summed E-state index contributed by atoms with van der Waals surface area (Å²) < 4.78 is 12.3. The summed E-state index contributed by atoms with van der Waals surface area (Å²) >= 11 is 0. The molecule has 2 unspecified atom stereocenters. The predicted octanol–water partition coefficient (Wildman–Crippen LogP) is 3.71. The monoisotopic (exact) mass is 492 g/mol. The molecule has 4 bridgehead atoms. The summed E-state index contributed by atoms with van der Waals surface area (Å²) in [6.45, 7) is 9.56. The van der Waals surface area contributed by atoms with Crippen LogP contribution in [0.1, 0.15) is 58.7 Å². The van der Waals surface area contributed by atoms with Gasteiger partial charge in [-0.3, -0.25) is 19.8 Å². The van der Waals surface area contributed by atoms with Gasteiger partial charge in [0.25, 0.3) is 0 Å². The van der Waals surface area contributed by atoms with Crippen molar-refractivity contribution in [3.63, 3.8) is 0 Å². The van der Waals surface area contributed by atoms with Gasteiger partial charge in [-0.2, -0.15) is 0 Å². The van der Waals surface area contributed by atoms with Gasteiger partial charge in [0.05, 0.1) is 26.3 Å². The third kappa shape index (κ3) is 5.32. The number of phenolic OH excluding ortho intramolecular Hbond substituents is 2. The molecule has 192 valence electrons. The molecule has 3 aliphatic heterocycles. The molecule has 3 heterocycles. The molecule has 0 radical (unpaired) electrons. The maximum atomic E-state index is 11.1. The third-order valence-electron chi connectivity index (χ3n) is 7.05. The van der Waals surface area contributed by atoms with E-state index in [-0.39, 0.29) is 24.0 Å². The molecule has 2 fully saturated rings. The number of fused-ring (bicyclic) bond motifs is 8. The second-order valence-corrected chi connectivity index (χ2v) is 9.88. The molecule has 3 aliphatic rings. The van der Waals surface area contributed by atoms with Crippen LogP contribution in [0.15, 0.2) is 34.3 Å². The molecule has 0 aromatic heterocycles. The Bertz CT molecular complexity index is 1060. The minimum Gasteiger partial charge on any atom is -0.507 e. The normalized spacial score (nSPS) is 23.9. The van der Waals surface area contributed by atoms with Gasteiger partial charge in [-0.1, -0.05) is 0 Å². The summed E-state index contributed by atoms with van der Waals surface area (Å²) in [6, 6.07) is 7.91. The molecule has 0 aliphatic carbocycles. The number of nitrogens with zero attached hydrogens (tertiary/aromatic N) is 4. The first-order chi connectivity index (χ1) is 17.5. The van der Waals surface area contributed by atoms with Crippen LogP contribution in [-0.2, 0) is 9.47 Å². The van der Waals surface area contributed by atoms with Crippen molar-refractivity contribution in [2.45, 2.75) is 39.1 Å². The van der Waals surface area contributed by atoms with Crippen molar-refractivity contribution in [2.75, 3.05) is 52.5 Å². The molecule has 2 N–H and O–H groups in total. The van der Waals surface area contributed by atoms with Crippen molar-refractivity contribution in [1.82, 2.24) is 9.80 Å². The fourth-order valence-corrected chi connectivity index (χ4v) is 5.34. The van der Waals surface area contributed by atoms with E-state index >= 15 is 0 Å². The number of phenols is 2. The van der Waals surface area contributed by atoms with Gasteiger partial charge >= 0.3 is 0 Å². The molecule has 36 heavy (non-hydrogen) atoms. The summed E-state index contributed by atoms with van der Waals surface area (Å²) in [5.74, 6) is 0.445. The van der Waals surface area contributed by atoms with Crippen molar-refractivity contribution in [1.29, 1.82) is 0 Å². The Balaban J connectivity index is 1.52. The highest BCUT2D eigenvalue weighted by Crippen LogP contribution is 2.36. The standard InChI is InChI=1S/C28H36N4O4/c1-19-13-21-17-29-5-10-32-8-4-12-36-28(32)24-16-20(2)14-22(26(24)34)18-30-6-9-31-7-3-11-35-27(31)23(15-19)25(21)33/h13-18,27-28,33-34H,3-12H2,1-2H3. The molecule has 0 saturated carbocycles. The Morgan fingerprint density at radius 3 is 1.58 bits per heavy atom. The first-order valence-corrected chi connectivity index (χ1v) is 12.9. The van der Waals surface area contributed by atoms with Gasteiger partial charge in [-0.15, -0.1) is 0 Å². The summed E-state index contributed by atoms with van der Waals surface area (Å²) in [6.07, 6.45) is 4.72. The average Bonchev–Trinajstić information content (AvgIpc) is 2.88. The van der Waals surface area contributed by atoms with Gasteiger partial charge in [0.15, 0.2) is 0 Å². The number of rotatable bonds is 0. The Labute approximate surface area is 212 Å². The summed E-state index contributed by atoms with van der Waals surface area (Å²) in [5.41, 5.74) is 5.05. The van der Waals surface area contributed by atoms with Gasteiger partial charge < -0.3 is 19.7 Å². The number of benzene rings is 2. The van der Waals surface area contributed by atoms with Crippen molar-refractivity contribution in [3.05, 3.63) is 57.6 Å². The predicted molar refractivity (Wildman–Crippen MR) is 140 cm³/mol. The van der Waals surface area contributed by atoms with E-state index in [4.69, 9.17) is 9.47 Å². The fraction of sp³-hybridized carbons (Fsp3) is 0.500. The molecule has 2 saturated heterocycles. The molecule has 2 aromatic carbocycles. The van der Waals surface area contributed by atoms with Crippen LogP contribution >= 0.6 is 0 Å². The topological polar surface area (TPSA) is 90.1 Å². The zero-order valence-corrected chi connectivity index (χ0v) is 21.2. The van der Waals surface area contributed by atoms with Crippen LogP contribution in [-0.4, -0.2) is 84.9 Å². The lowest BCUT2D eigenvalue weighted by Crippen LogP contribution is -2.38. The highest BCUT2D eigenvalue weighted by Gasteiger charge is 2.29. The second kappa shape index (κ2) is 11.1. The summed E-state index contributed by atoms with van der Waals surface area (Å²) in [4.78, 5) is 13.7. The van der Waals surface area contributed by atoms with Gasteiger partial charge in [-0.05, 0) is 62.1 Å². The molecule has 8 heteroatoms. The van der Waals surface area contributed by atoms with E-state index in [2.05, 4.69) is 19.8 Å². The van der Waals surface area contributed by atoms with Crippen LogP contribution < -0.4 is 0 Å². The lowest BCUT2D eigenvalue weighted by atomic mass is 10.0. The van der Waals surface area contributed by atoms with E-state index in [1.54, 1.807) is 12.4 Å². The maximum Gasteiger partial charge on any atom is 0.140 e. The number of aromatic hydroxyl groups is 2. The zero-order chi connectivity index (χ0) is 25.1. The van der Waals surface area contributed by atoms with Gasteiger partial charge in [0.1, 0.15) is 24.0 Å². The highest BCUT2D eigenvalue weighted by atomic mass is 16.5. The van der Waals surface area contributed by atoms with Gasteiger partial charge in [-0.25, -0.2) is 0 Å². The molecule has 2 atom stereocenters. The largest absolute Gasteiger partial charge is 0.507 e. The van der Waals surface area contributed by atoms with Crippen molar-refractivity contribution in [3.8, 4) is 11.5 Å². The number of hydrogen-bond donors (Lipinski definition) is 2. The van der Waals surface area contributed by atoms with E-state index in [0.29, 0.717) is 50.5 Å². The molecule has 0 amide bonds. The zero-order valence-electron chi connectivity index (χ0n) is 21.2. The van der Waals surface area contributed by atoms with Crippen LogP contribution in [0.25, 0.3) is 0 Å². The highest BCUT2D eigenvalue weighted by molar-refractivity contribution is 5.85. The van der Waals surface area contributed by atoms with Crippen LogP contribution in [0, 0.1) is 13.8 Å². The van der Waals surface area contributed by atoms with Crippen LogP contribution in [0.5, 0.6) is 11.5 Å². The molecule has 0 spiro atoms. The number of hydrogen-bond acceptors (Lipinski definition) is 8. The lowest BCUT2D eigenvalue weighted by Gasteiger charge is -2.36. The number of aliphatic imine (C=N–C) groups is 2.